The molecule has 0 fully saturated rings. The van der Waals surface area contributed by atoms with Gasteiger partial charge in [0.25, 0.3) is 0 Å². The molecule has 0 amide bonds. The van der Waals surface area contributed by atoms with Crippen LogP contribution in [-0.4, -0.2) is 10.3 Å². The van der Waals surface area contributed by atoms with Crippen molar-refractivity contribution in [1.82, 2.24) is 5.16 Å². The molecule has 1 aromatic carbocycles. The van der Waals surface area contributed by atoms with E-state index in [4.69, 9.17) is 9.63 Å². The molecular formula is C10H8BrNO2. The average molecular weight is 254 g/mol. The van der Waals surface area contributed by atoms with Crippen molar-refractivity contribution in [1.29, 1.82) is 0 Å². The second-order valence-electron chi connectivity index (χ2n) is 2.85. The van der Waals surface area contributed by atoms with Crippen LogP contribution >= 0.6 is 15.9 Å². The molecule has 0 saturated heterocycles. The molecule has 2 aromatic rings. The maximum absolute atomic E-state index is 9.03. The third-order valence-corrected chi connectivity index (χ3v) is 2.39. The van der Waals surface area contributed by atoms with Crippen molar-refractivity contribution in [2.45, 2.75) is 6.61 Å². The van der Waals surface area contributed by atoms with Crippen LogP contribution in [0.2, 0.25) is 0 Å². The number of benzene rings is 1. The molecule has 0 unspecified atom stereocenters. The van der Waals surface area contributed by atoms with E-state index in [1.54, 1.807) is 0 Å². The Balaban J connectivity index is 2.49. The predicted octanol–water partition coefficient (Wildman–Crippen LogP) is 2.60. The number of hydrogen-bond donors (Lipinski definition) is 1. The van der Waals surface area contributed by atoms with E-state index in [1.165, 1.54) is 6.20 Å². The maximum Gasteiger partial charge on any atom is 0.172 e. The van der Waals surface area contributed by atoms with Crippen molar-refractivity contribution in [2.24, 2.45) is 0 Å². The van der Waals surface area contributed by atoms with E-state index in [1.807, 2.05) is 24.3 Å². The van der Waals surface area contributed by atoms with E-state index < -0.39 is 0 Å². The van der Waals surface area contributed by atoms with Crippen LogP contribution in [0.3, 0.4) is 0 Å². The Kier molecular flexibility index (Phi) is 2.65. The number of nitrogens with zero attached hydrogens (tertiary/aromatic N) is 1. The average Bonchev–Trinajstić information content (AvgIpc) is 2.65. The number of aliphatic hydroxyl groups excluding tert-OH is 1. The minimum Gasteiger partial charge on any atom is -0.391 e. The fourth-order valence-electron chi connectivity index (χ4n) is 1.24. The summed E-state index contributed by atoms with van der Waals surface area (Å²) >= 11 is 3.37. The molecule has 0 radical (unpaired) electrons. The normalized spacial score (nSPS) is 10.4. The van der Waals surface area contributed by atoms with Crippen molar-refractivity contribution in [2.75, 3.05) is 0 Å². The van der Waals surface area contributed by atoms with E-state index in [9.17, 15) is 0 Å². The van der Waals surface area contributed by atoms with Crippen LogP contribution < -0.4 is 0 Å². The zero-order valence-corrected chi connectivity index (χ0v) is 8.86. The molecule has 0 aliphatic heterocycles. The molecule has 0 aliphatic rings. The highest BCUT2D eigenvalue weighted by molar-refractivity contribution is 9.10. The van der Waals surface area contributed by atoms with Crippen molar-refractivity contribution < 1.29 is 9.63 Å². The Labute approximate surface area is 89.5 Å². The lowest BCUT2D eigenvalue weighted by atomic mass is 10.1. The van der Waals surface area contributed by atoms with Gasteiger partial charge in [0.15, 0.2) is 5.76 Å². The predicted molar refractivity (Wildman–Crippen MR) is 55.6 cm³/mol. The van der Waals surface area contributed by atoms with Gasteiger partial charge >= 0.3 is 0 Å². The SMILES string of the molecule is OCc1cnoc1-c1cccc(Br)c1. The first-order chi connectivity index (χ1) is 6.81. The lowest BCUT2D eigenvalue weighted by Crippen LogP contribution is -1.83. The molecule has 4 heteroatoms. The van der Waals surface area contributed by atoms with Gasteiger partial charge in [-0.1, -0.05) is 33.2 Å². The molecule has 2 rings (SSSR count). The molecular weight excluding hydrogens is 246 g/mol. The smallest absolute Gasteiger partial charge is 0.172 e. The molecule has 1 N–H and O–H groups in total. The molecule has 1 heterocycles. The summed E-state index contributed by atoms with van der Waals surface area (Å²) in [5.41, 5.74) is 1.60. The van der Waals surface area contributed by atoms with Crippen molar-refractivity contribution >= 4 is 15.9 Å². The Morgan fingerprint density at radius 3 is 3.00 bits per heavy atom. The van der Waals surface area contributed by atoms with Crippen LogP contribution in [0.4, 0.5) is 0 Å². The fourth-order valence-corrected chi connectivity index (χ4v) is 1.64. The van der Waals surface area contributed by atoms with Gasteiger partial charge < -0.3 is 9.63 Å². The highest BCUT2D eigenvalue weighted by Crippen LogP contribution is 2.25. The first-order valence-electron chi connectivity index (χ1n) is 4.11. The Hall–Kier alpha value is -1.13. The van der Waals surface area contributed by atoms with Gasteiger partial charge in [0.1, 0.15) is 0 Å². The van der Waals surface area contributed by atoms with Gasteiger partial charge in [-0.2, -0.15) is 0 Å². The summed E-state index contributed by atoms with van der Waals surface area (Å²) in [4.78, 5) is 0. The van der Waals surface area contributed by atoms with Crippen molar-refractivity contribution in [3.63, 3.8) is 0 Å². The third-order valence-electron chi connectivity index (χ3n) is 1.90. The summed E-state index contributed by atoms with van der Waals surface area (Å²) in [5, 5.41) is 12.7. The van der Waals surface area contributed by atoms with Crippen LogP contribution in [0.5, 0.6) is 0 Å². The second-order valence-corrected chi connectivity index (χ2v) is 3.76. The molecule has 0 saturated carbocycles. The van der Waals surface area contributed by atoms with Gasteiger partial charge in [0, 0.05) is 15.6 Å². The Morgan fingerprint density at radius 1 is 1.43 bits per heavy atom. The third kappa shape index (κ3) is 1.71. The van der Waals surface area contributed by atoms with Crippen LogP contribution in [-0.2, 0) is 6.61 Å². The number of rotatable bonds is 2. The van der Waals surface area contributed by atoms with Crippen LogP contribution in [0.1, 0.15) is 5.56 Å². The molecule has 0 bridgehead atoms. The largest absolute Gasteiger partial charge is 0.391 e. The summed E-state index contributed by atoms with van der Waals surface area (Å²) in [7, 11) is 0. The Bertz CT molecular complexity index is 439. The fraction of sp³-hybridized carbons (Fsp3) is 0.100. The van der Waals surface area contributed by atoms with Gasteiger partial charge in [-0.25, -0.2) is 0 Å². The first-order valence-corrected chi connectivity index (χ1v) is 4.91. The van der Waals surface area contributed by atoms with Gasteiger partial charge in [0.05, 0.1) is 12.8 Å². The monoisotopic (exact) mass is 253 g/mol. The Morgan fingerprint density at radius 2 is 2.29 bits per heavy atom. The zero-order chi connectivity index (χ0) is 9.97. The standard InChI is InChI=1S/C10H8BrNO2/c11-9-3-1-2-7(4-9)10-8(6-13)5-12-14-10/h1-5,13H,6H2. The van der Waals surface area contributed by atoms with Crippen molar-refractivity contribution in [3.8, 4) is 11.3 Å². The van der Waals surface area contributed by atoms with Crippen LogP contribution in [0.25, 0.3) is 11.3 Å². The highest BCUT2D eigenvalue weighted by atomic mass is 79.9. The highest BCUT2D eigenvalue weighted by Gasteiger charge is 2.09. The second kappa shape index (κ2) is 3.94. The number of halogens is 1. The van der Waals surface area contributed by atoms with E-state index in [-0.39, 0.29) is 6.61 Å². The molecule has 0 atom stereocenters. The minimum absolute atomic E-state index is 0.0641. The van der Waals surface area contributed by atoms with E-state index in [0.717, 1.165) is 10.0 Å². The summed E-state index contributed by atoms with van der Waals surface area (Å²) < 4.78 is 6.03. The maximum atomic E-state index is 9.03. The van der Waals surface area contributed by atoms with Crippen LogP contribution in [0.15, 0.2) is 39.5 Å². The van der Waals surface area contributed by atoms with Crippen molar-refractivity contribution in [3.05, 3.63) is 40.5 Å². The van der Waals surface area contributed by atoms with Gasteiger partial charge in [-0.05, 0) is 12.1 Å². The van der Waals surface area contributed by atoms with E-state index >= 15 is 0 Å². The summed E-state index contributed by atoms with van der Waals surface area (Å²) in [6, 6.07) is 7.66. The topological polar surface area (TPSA) is 46.3 Å². The molecule has 0 aliphatic carbocycles. The molecule has 3 nitrogen and oxygen atoms in total. The summed E-state index contributed by atoms with van der Waals surface area (Å²) in [5.74, 6) is 0.619. The van der Waals surface area contributed by atoms with Gasteiger partial charge in [-0.15, -0.1) is 0 Å². The van der Waals surface area contributed by atoms with Gasteiger partial charge in [-0.3, -0.25) is 0 Å². The number of aromatic nitrogens is 1. The molecule has 14 heavy (non-hydrogen) atoms. The van der Waals surface area contributed by atoms with Crippen LogP contribution in [0, 0.1) is 0 Å². The molecule has 0 spiro atoms. The van der Waals surface area contributed by atoms with E-state index in [2.05, 4.69) is 21.1 Å². The zero-order valence-electron chi connectivity index (χ0n) is 7.27. The quantitative estimate of drug-likeness (QED) is 0.895. The molecule has 72 valence electrons. The van der Waals surface area contributed by atoms with Gasteiger partial charge in [0.2, 0.25) is 0 Å². The lowest BCUT2D eigenvalue weighted by molar-refractivity contribution is 0.281. The minimum atomic E-state index is -0.0641. The van der Waals surface area contributed by atoms with E-state index in [0.29, 0.717) is 11.3 Å². The number of aliphatic hydroxyl groups is 1. The summed E-state index contributed by atoms with van der Waals surface area (Å²) in [6.07, 6.45) is 1.52. The molecule has 1 aromatic heterocycles. The first kappa shape index (κ1) is 9.43. The lowest BCUT2D eigenvalue weighted by Gasteiger charge is -1.98. The number of hydrogen-bond acceptors (Lipinski definition) is 3. The summed E-state index contributed by atoms with van der Waals surface area (Å²) in [6.45, 7) is -0.0641.